The number of rotatable bonds is 6. The zero-order valence-electron chi connectivity index (χ0n) is 33.2. The molecule has 0 aliphatic carbocycles. The predicted octanol–water partition coefficient (Wildman–Crippen LogP) is 14.9. The van der Waals surface area contributed by atoms with Crippen molar-refractivity contribution in [1.82, 2.24) is 19.5 Å². The van der Waals surface area contributed by atoms with Crippen molar-refractivity contribution in [2.24, 2.45) is 0 Å². The van der Waals surface area contributed by atoms with Gasteiger partial charge in [-0.1, -0.05) is 152 Å². The van der Waals surface area contributed by atoms with Gasteiger partial charge in [0.2, 0.25) is 0 Å². The molecule has 286 valence electrons. The van der Waals surface area contributed by atoms with Crippen molar-refractivity contribution in [3.8, 4) is 51.0 Å². The summed E-state index contributed by atoms with van der Waals surface area (Å²) in [6.45, 7) is 2.06. The standard InChI is InChI=1S/C56H36N4O/c1-2-13-35-22-31-49-46(32-35)47-33-48-51(61-53-45-21-12-10-19-43(45)42-18-9-11-20-44(42)52(48)53)34-50(47)60(49)41-29-27-40(28-30-41)56-58-54(38-16-7-4-8-17-38)57-55(59-56)39-25-23-37(24-26-39)36-14-5-3-6-15-36/h2-34H,1H3/b13-2+. The largest absolute Gasteiger partial charge is 0.455 e. The quantitative estimate of drug-likeness (QED) is 0.158. The third-order valence-electron chi connectivity index (χ3n) is 11.9. The molecule has 0 aliphatic rings. The van der Waals surface area contributed by atoms with E-state index in [-0.39, 0.29) is 0 Å². The SMILES string of the molecule is C/C=C/c1ccc2c(c1)c1cc3c(cc1n2-c1ccc(-c2nc(-c4ccccc4)nc(-c4ccc(-c5ccccc5)cc4)n2)cc1)oc1c2ccccc2c2ccccc2c31. The van der Waals surface area contributed by atoms with Crippen LogP contribution in [-0.2, 0) is 0 Å². The lowest BCUT2D eigenvalue weighted by Crippen LogP contribution is -2.00. The first-order valence-corrected chi connectivity index (χ1v) is 20.6. The van der Waals surface area contributed by atoms with Gasteiger partial charge in [0.1, 0.15) is 11.2 Å². The van der Waals surface area contributed by atoms with Gasteiger partial charge >= 0.3 is 0 Å². The molecule has 0 spiro atoms. The van der Waals surface area contributed by atoms with E-state index in [4.69, 9.17) is 19.4 Å². The van der Waals surface area contributed by atoms with Crippen molar-refractivity contribution in [3.63, 3.8) is 0 Å². The lowest BCUT2D eigenvalue weighted by Gasteiger charge is -2.11. The first kappa shape index (κ1) is 34.9. The van der Waals surface area contributed by atoms with Crippen LogP contribution in [0.3, 0.4) is 0 Å². The molecule has 0 N–H and O–H groups in total. The van der Waals surface area contributed by atoms with E-state index in [1.807, 2.05) is 36.4 Å². The fourth-order valence-electron chi connectivity index (χ4n) is 9.06. The summed E-state index contributed by atoms with van der Waals surface area (Å²) in [5.74, 6) is 1.87. The molecule has 0 fully saturated rings. The normalized spacial score (nSPS) is 12.0. The molecule has 3 aromatic heterocycles. The summed E-state index contributed by atoms with van der Waals surface area (Å²) < 4.78 is 9.23. The Balaban J connectivity index is 1.02. The molecule has 0 atom stereocenters. The Kier molecular flexibility index (Phi) is 8.00. The van der Waals surface area contributed by atoms with Crippen LogP contribution in [0.1, 0.15) is 12.5 Å². The maximum Gasteiger partial charge on any atom is 0.164 e. The van der Waals surface area contributed by atoms with Crippen LogP contribution in [0.4, 0.5) is 0 Å². The third kappa shape index (κ3) is 5.74. The summed E-state index contributed by atoms with van der Waals surface area (Å²) in [5.41, 5.74) is 11.2. The molecular weight excluding hydrogens is 745 g/mol. The zero-order valence-corrected chi connectivity index (χ0v) is 33.2. The topological polar surface area (TPSA) is 56.7 Å². The zero-order chi connectivity index (χ0) is 40.4. The lowest BCUT2D eigenvalue weighted by molar-refractivity contribution is 0.673. The molecule has 0 unspecified atom stereocenters. The van der Waals surface area contributed by atoms with E-state index < -0.39 is 0 Å². The van der Waals surface area contributed by atoms with Crippen molar-refractivity contribution < 1.29 is 4.42 Å². The number of furan rings is 1. The van der Waals surface area contributed by atoms with E-state index >= 15 is 0 Å². The molecule has 0 aliphatic heterocycles. The minimum absolute atomic E-state index is 0.615. The van der Waals surface area contributed by atoms with E-state index in [2.05, 4.69) is 175 Å². The van der Waals surface area contributed by atoms with Crippen LogP contribution in [-0.4, -0.2) is 19.5 Å². The summed E-state index contributed by atoms with van der Waals surface area (Å²) in [7, 11) is 0. The summed E-state index contributed by atoms with van der Waals surface area (Å²) in [6, 6.07) is 66.0. The van der Waals surface area contributed by atoms with Crippen LogP contribution < -0.4 is 0 Å². The molecule has 5 nitrogen and oxygen atoms in total. The Morgan fingerprint density at radius 2 is 0.918 bits per heavy atom. The second-order valence-corrected chi connectivity index (χ2v) is 15.5. The minimum atomic E-state index is 0.615. The molecule has 12 aromatic rings. The van der Waals surface area contributed by atoms with Gasteiger partial charge < -0.3 is 8.98 Å². The van der Waals surface area contributed by atoms with Gasteiger partial charge in [0.05, 0.1) is 11.0 Å². The van der Waals surface area contributed by atoms with Crippen molar-refractivity contribution in [1.29, 1.82) is 0 Å². The number of benzene rings is 9. The number of aromatic nitrogens is 4. The van der Waals surface area contributed by atoms with E-state index in [0.717, 1.165) is 71.9 Å². The average molecular weight is 781 g/mol. The first-order valence-electron chi connectivity index (χ1n) is 20.6. The highest BCUT2D eigenvalue weighted by Gasteiger charge is 2.21. The van der Waals surface area contributed by atoms with Crippen molar-refractivity contribution in [3.05, 3.63) is 200 Å². The van der Waals surface area contributed by atoms with E-state index in [1.54, 1.807) is 0 Å². The maximum absolute atomic E-state index is 6.89. The second-order valence-electron chi connectivity index (χ2n) is 15.5. The fourth-order valence-corrected chi connectivity index (χ4v) is 9.06. The van der Waals surface area contributed by atoms with Crippen LogP contribution in [0, 0.1) is 0 Å². The molecular formula is C56H36N4O. The Morgan fingerprint density at radius 3 is 1.57 bits per heavy atom. The Morgan fingerprint density at radius 1 is 0.410 bits per heavy atom. The van der Waals surface area contributed by atoms with Gasteiger partial charge in [-0.2, -0.15) is 0 Å². The van der Waals surface area contributed by atoms with Crippen LogP contribution in [0.25, 0.3) is 122 Å². The number of hydrogen-bond donors (Lipinski definition) is 0. The number of hydrogen-bond acceptors (Lipinski definition) is 4. The fraction of sp³-hybridized carbons (Fsp3) is 0.0179. The average Bonchev–Trinajstić information content (AvgIpc) is 3.86. The third-order valence-corrected chi connectivity index (χ3v) is 11.9. The number of fused-ring (bicyclic) bond motifs is 11. The molecule has 0 bridgehead atoms. The predicted molar refractivity (Wildman–Crippen MR) is 253 cm³/mol. The molecule has 0 radical (unpaired) electrons. The summed E-state index contributed by atoms with van der Waals surface area (Å²) >= 11 is 0. The highest BCUT2D eigenvalue weighted by Crippen LogP contribution is 2.44. The molecule has 12 rings (SSSR count). The van der Waals surface area contributed by atoms with Gasteiger partial charge in [0.15, 0.2) is 17.5 Å². The van der Waals surface area contributed by atoms with Crippen LogP contribution >= 0.6 is 0 Å². The van der Waals surface area contributed by atoms with Gasteiger partial charge in [-0.15, -0.1) is 0 Å². The summed E-state index contributed by atoms with van der Waals surface area (Å²) in [5, 5.41) is 9.37. The van der Waals surface area contributed by atoms with Crippen LogP contribution in [0.2, 0.25) is 0 Å². The molecule has 5 heteroatoms. The molecule has 0 saturated carbocycles. The molecule has 61 heavy (non-hydrogen) atoms. The number of nitrogens with zero attached hydrogens (tertiary/aromatic N) is 4. The number of allylic oxidation sites excluding steroid dienone is 1. The molecule has 0 saturated heterocycles. The summed E-state index contributed by atoms with van der Waals surface area (Å²) in [4.78, 5) is 15.1. The minimum Gasteiger partial charge on any atom is -0.455 e. The summed E-state index contributed by atoms with van der Waals surface area (Å²) in [6.07, 6.45) is 4.25. The van der Waals surface area contributed by atoms with E-state index in [1.165, 1.54) is 32.5 Å². The monoisotopic (exact) mass is 780 g/mol. The van der Waals surface area contributed by atoms with E-state index in [9.17, 15) is 0 Å². The van der Waals surface area contributed by atoms with Crippen molar-refractivity contribution in [2.75, 3.05) is 0 Å². The van der Waals surface area contributed by atoms with Gasteiger partial charge in [0.25, 0.3) is 0 Å². The van der Waals surface area contributed by atoms with Gasteiger partial charge in [-0.05, 0) is 82.2 Å². The van der Waals surface area contributed by atoms with E-state index in [0.29, 0.717) is 17.5 Å². The van der Waals surface area contributed by atoms with Gasteiger partial charge in [0, 0.05) is 55.4 Å². The molecule has 0 amide bonds. The molecule has 9 aromatic carbocycles. The van der Waals surface area contributed by atoms with Gasteiger partial charge in [-0.3, -0.25) is 0 Å². The van der Waals surface area contributed by atoms with Crippen molar-refractivity contribution in [2.45, 2.75) is 6.92 Å². The van der Waals surface area contributed by atoms with Gasteiger partial charge in [-0.25, -0.2) is 15.0 Å². The van der Waals surface area contributed by atoms with Crippen LogP contribution in [0.15, 0.2) is 199 Å². The Labute approximate surface area is 351 Å². The highest BCUT2D eigenvalue weighted by atomic mass is 16.3. The first-order chi connectivity index (χ1) is 30.2. The second kappa shape index (κ2) is 14.0. The molecule has 3 heterocycles. The van der Waals surface area contributed by atoms with Crippen LogP contribution in [0.5, 0.6) is 0 Å². The Hall–Kier alpha value is -8.15. The highest BCUT2D eigenvalue weighted by molar-refractivity contribution is 6.31. The lowest BCUT2D eigenvalue weighted by atomic mass is 9.96. The van der Waals surface area contributed by atoms with Crippen molar-refractivity contribution >= 4 is 71.4 Å². The Bertz CT molecular complexity index is 3680. The smallest absolute Gasteiger partial charge is 0.164 e. The maximum atomic E-state index is 6.89.